The fourth-order valence-electron chi connectivity index (χ4n) is 2.77. The summed E-state index contributed by atoms with van der Waals surface area (Å²) in [5.74, 6) is -0.00583. The number of pyridine rings is 1. The van der Waals surface area contributed by atoms with Crippen LogP contribution in [0.5, 0.6) is 0 Å². The Morgan fingerprint density at radius 2 is 1.80 bits per heavy atom. The number of carbonyl (C=O) groups is 1. The zero-order valence-electron chi connectivity index (χ0n) is 11.8. The van der Waals surface area contributed by atoms with Crippen LogP contribution in [0.15, 0.2) is 42.9 Å². The van der Waals surface area contributed by atoms with Crippen LogP contribution in [0.2, 0.25) is 0 Å². The molecule has 0 unspecified atom stereocenters. The number of imidazole rings is 1. The van der Waals surface area contributed by atoms with Gasteiger partial charge in [0, 0.05) is 11.8 Å². The van der Waals surface area contributed by atoms with Gasteiger partial charge in [-0.2, -0.15) is 0 Å². The number of benzene rings is 1. The summed E-state index contributed by atoms with van der Waals surface area (Å²) >= 11 is 0. The summed E-state index contributed by atoms with van der Waals surface area (Å²) in [6, 6.07) is 9.84. The predicted octanol–water partition coefficient (Wildman–Crippen LogP) is 3.49. The smallest absolute Gasteiger partial charge is 0.214 e. The molecule has 0 fully saturated rings. The van der Waals surface area contributed by atoms with Crippen molar-refractivity contribution in [3.63, 3.8) is 0 Å². The highest BCUT2D eigenvalue weighted by Gasteiger charge is 2.19. The molecular weight excluding hydrogens is 248 g/mol. The molecule has 2 aromatic heterocycles. The molecule has 0 atom stereocenters. The lowest BCUT2D eigenvalue weighted by molar-refractivity contribution is 0.103. The van der Waals surface area contributed by atoms with Gasteiger partial charge in [-0.05, 0) is 44.0 Å². The van der Waals surface area contributed by atoms with Gasteiger partial charge in [0.1, 0.15) is 12.0 Å². The van der Waals surface area contributed by atoms with E-state index in [-0.39, 0.29) is 5.78 Å². The lowest BCUT2D eigenvalue weighted by Gasteiger charge is -2.09. The molecule has 0 spiro atoms. The molecule has 0 aliphatic rings. The van der Waals surface area contributed by atoms with Crippen molar-refractivity contribution in [2.75, 3.05) is 0 Å². The summed E-state index contributed by atoms with van der Waals surface area (Å²) in [4.78, 5) is 17.1. The van der Waals surface area contributed by atoms with Crippen LogP contribution in [-0.4, -0.2) is 15.2 Å². The van der Waals surface area contributed by atoms with E-state index in [9.17, 15) is 4.79 Å². The number of rotatable bonds is 2. The number of ketones is 1. The predicted molar refractivity (Wildman–Crippen MR) is 79.3 cm³/mol. The maximum Gasteiger partial charge on any atom is 0.214 e. The molecule has 3 rings (SSSR count). The number of fused-ring (bicyclic) bond motifs is 1. The van der Waals surface area contributed by atoms with Crippen molar-refractivity contribution in [1.29, 1.82) is 0 Å². The van der Waals surface area contributed by atoms with E-state index in [1.54, 1.807) is 6.33 Å². The van der Waals surface area contributed by atoms with Gasteiger partial charge < -0.3 is 4.40 Å². The zero-order valence-corrected chi connectivity index (χ0v) is 11.8. The standard InChI is InChI=1S/C17H16N2O/c1-11-8-12(2)15(13(3)9-11)17(20)16-14-6-4-5-7-19(14)10-18-16/h4-10H,1-3H3. The van der Waals surface area contributed by atoms with Crippen molar-refractivity contribution >= 4 is 11.3 Å². The maximum atomic E-state index is 12.8. The van der Waals surface area contributed by atoms with Crippen molar-refractivity contribution < 1.29 is 4.79 Å². The monoisotopic (exact) mass is 264 g/mol. The Labute approximate surface area is 117 Å². The summed E-state index contributed by atoms with van der Waals surface area (Å²) in [5, 5.41) is 0. The fraction of sp³-hybridized carbons (Fsp3) is 0.176. The van der Waals surface area contributed by atoms with Crippen LogP contribution in [0.3, 0.4) is 0 Å². The molecule has 3 aromatic rings. The minimum Gasteiger partial charge on any atom is -0.306 e. The molecule has 0 saturated heterocycles. The molecule has 2 heterocycles. The SMILES string of the molecule is Cc1cc(C)c(C(=O)c2ncn3ccccc23)c(C)c1. The van der Waals surface area contributed by atoms with Gasteiger partial charge in [-0.1, -0.05) is 23.8 Å². The molecule has 0 N–H and O–H groups in total. The topological polar surface area (TPSA) is 34.4 Å². The van der Waals surface area contributed by atoms with Gasteiger partial charge in [0.25, 0.3) is 0 Å². The van der Waals surface area contributed by atoms with Crippen LogP contribution in [0.1, 0.15) is 32.7 Å². The zero-order chi connectivity index (χ0) is 14.3. The van der Waals surface area contributed by atoms with Crippen LogP contribution in [0.25, 0.3) is 5.52 Å². The maximum absolute atomic E-state index is 12.8. The van der Waals surface area contributed by atoms with E-state index >= 15 is 0 Å². The second-order valence-corrected chi connectivity index (χ2v) is 5.19. The third-order valence-electron chi connectivity index (χ3n) is 3.56. The Kier molecular flexibility index (Phi) is 2.90. The van der Waals surface area contributed by atoms with E-state index in [0.29, 0.717) is 5.69 Å². The first-order valence-corrected chi connectivity index (χ1v) is 6.62. The van der Waals surface area contributed by atoms with Crippen LogP contribution in [-0.2, 0) is 0 Å². The minimum atomic E-state index is -0.00583. The molecule has 0 bridgehead atoms. The molecule has 0 saturated carbocycles. The molecule has 20 heavy (non-hydrogen) atoms. The van der Waals surface area contributed by atoms with E-state index in [1.165, 1.54) is 5.56 Å². The second-order valence-electron chi connectivity index (χ2n) is 5.19. The van der Waals surface area contributed by atoms with E-state index in [2.05, 4.69) is 4.98 Å². The van der Waals surface area contributed by atoms with Crippen molar-refractivity contribution in [1.82, 2.24) is 9.38 Å². The molecular formula is C17H16N2O. The second kappa shape index (κ2) is 4.60. The highest BCUT2D eigenvalue weighted by Crippen LogP contribution is 2.21. The fourth-order valence-corrected chi connectivity index (χ4v) is 2.77. The number of carbonyl (C=O) groups excluding carboxylic acids is 1. The van der Waals surface area contributed by atoms with E-state index in [1.807, 2.05) is 61.7 Å². The van der Waals surface area contributed by atoms with Crippen molar-refractivity contribution in [3.8, 4) is 0 Å². The lowest BCUT2D eigenvalue weighted by atomic mass is 9.95. The van der Waals surface area contributed by atoms with Gasteiger partial charge in [-0.15, -0.1) is 0 Å². The van der Waals surface area contributed by atoms with Crippen molar-refractivity contribution in [3.05, 3.63) is 70.8 Å². The number of nitrogens with zero attached hydrogens (tertiary/aromatic N) is 2. The Morgan fingerprint density at radius 1 is 1.10 bits per heavy atom. The number of hydrogen-bond acceptors (Lipinski definition) is 2. The normalized spacial score (nSPS) is 10.9. The van der Waals surface area contributed by atoms with Crippen LogP contribution in [0.4, 0.5) is 0 Å². The molecule has 0 amide bonds. The molecule has 3 heteroatoms. The van der Waals surface area contributed by atoms with Crippen LogP contribution < -0.4 is 0 Å². The van der Waals surface area contributed by atoms with Crippen LogP contribution >= 0.6 is 0 Å². The highest BCUT2D eigenvalue weighted by molar-refractivity contribution is 6.13. The molecule has 0 radical (unpaired) electrons. The summed E-state index contributed by atoms with van der Waals surface area (Å²) in [6.07, 6.45) is 3.58. The highest BCUT2D eigenvalue weighted by atomic mass is 16.1. The average Bonchev–Trinajstić information content (AvgIpc) is 2.81. The van der Waals surface area contributed by atoms with Gasteiger partial charge in [-0.25, -0.2) is 4.98 Å². The summed E-state index contributed by atoms with van der Waals surface area (Å²) in [5.41, 5.74) is 5.30. The Hall–Kier alpha value is -2.42. The van der Waals surface area contributed by atoms with E-state index in [0.717, 1.165) is 22.2 Å². The largest absolute Gasteiger partial charge is 0.306 e. The van der Waals surface area contributed by atoms with E-state index < -0.39 is 0 Å². The number of aryl methyl sites for hydroxylation is 3. The molecule has 0 aliphatic carbocycles. The van der Waals surface area contributed by atoms with E-state index in [4.69, 9.17) is 0 Å². The first kappa shape index (κ1) is 12.6. The number of hydrogen-bond donors (Lipinski definition) is 0. The third kappa shape index (κ3) is 1.92. The molecule has 100 valence electrons. The van der Waals surface area contributed by atoms with Gasteiger partial charge in [-0.3, -0.25) is 4.79 Å². The molecule has 0 aliphatic heterocycles. The Balaban J connectivity index is 2.19. The van der Waals surface area contributed by atoms with Gasteiger partial charge in [0.15, 0.2) is 0 Å². The summed E-state index contributed by atoms with van der Waals surface area (Å²) in [7, 11) is 0. The lowest BCUT2D eigenvalue weighted by Crippen LogP contribution is -2.07. The quantitative estimate of drug-likeness (QED) is 0.664. The third-order valence-corrected chi connectivity index (χ3v) is 3.56. The summed E-state index contributed by atoms with van der Waals surface area (Å²) < 4.78 is 1.87. The van der Waals surface area contributed by atoms with Crippen LogP contribution in [0, 0.1) is 20.8 Å². The van der Waals surface area contributed by atoms with Gasteiger partial charge in [0.05, 0.1) is 5.52 Å². The summed E-state index contributed by atoms with van der Waals surface area (Å²) in [6.45, 7) is 6.00. The van der Waals surface area contributed by atoms with Crippen molar-refractivity contribution in [2.45, 2.75) is 20.8 Å². The Bertz CT molecular complexity index is 792. The first-order chi connectivity index (χ1) is 9.58. The molecule has 1 aromatic carbocycles. The molecule has 3 nitrogen and oxygen atoms in total. The van der Waals surface area contributed by atoms with Gasteiger partial charge >= 0.3 is 0 Å². The average molecular weight is 264 g/mol. The van der Waals surface area contributed by atoms with Crippen molar-refractivity contribution in [2.24, 2.45) is 0 Å². The first-order valence-electron chi connectivity index (χ1n) is 6.62. The number of aromatic nitrogens is 2. The Morgan fingerprint density at radius 3 is 2.50 bits per heavy atom. The van der Waals surface area contributed by atoms with Gasteiger partial charge in [0.2, 0.25) is 5.78 Å². The minimum absolute atomic E-state index is 0.00583.